The summed E-state index contributed by atoms with van der Waals surface area (Å²) in [5.74, 6) is 0.367. The summed E-state index contributed by atoms with van der Waals surface area (Å²) in [7, 11) is 0. The molecule has 5 nitrogen and oxygen atoms in total. The SMILES string of the molecule is CCNC(=O)[C@H](C)NC(=O)CCOc1cccc(C)c1. The first kappa shape index (κ1) is 16.0. The number of rotatable bonds is 7. The van der Waals surface area contributed by atoms with Crippen molar-refractivity contribution in [3.8, 4) is 5.75 Å². The van der Waals surface area contributed by atoms with Crippen LogP contribution in [-0.4, -0.2) is 31.0 Å². The third-order valence-corrected chi connectivity index (χ3v) is 2.71. The number of aryl methyl sites for hydroxylation is 1. The molecule has 1 rings (SSSR count). The van der Waals surface area contributed by atoms with Crippen LogP contribution >= 0.6 is 0 Å². The standard InChI is InChI=1S/C15H22N2O3/c1-4-16-15(19)12(3)17-14(18)8-9-20-13-7-5-6-11(2)10-13/h5-7,10,12H,4,8-9H2,1-3H3,(H,16,19)(H,17,18)/t12-/m0/s1. The Morgan fingerprint density at radius 1 is 1.35 bits per heavy atom. The van der Waals surface area contributed by atoms with E-state index >= 15 is 0 Å². The third kappa shape index (κ3) is 5.73. The molecule has 0 fully saturated rings. The van der Waals surface area contributed by atoms with Crippen molar-refractivity contribution in [1.29, 1.82) is 0 Å². The van der Waals surface area contributed by atoms with Crippen molar-refractivity contribution in [2.24, 2.45) is 0 Å². The van der Waals surface area contributed by atoms with Gasteiger partial charge in [-0.15, -0.1) is 0 Å². The van der Waals surface area contributed by atoms with Gasteiger partial charge in [-0.05, 0) is 38.5 Å². The van der Waals surface area contributed by atoms with Crippen LogP contribution in [0.2, 0.25) is 0 Å². The molecule has 1 aromatic carbocycles. The molecule has 0 saturated heterocycles. The predicted octanol–water partition coefficient (Wildman–Crippen LogP) is 1.40. The smallest absolute Gasteiger partial charge is 0.242 e. The molecule has 1 aromatic rings. The van der Waals surface area contributed by atoms with Crippen LogP contribution in [0.1, 0.15) is 25.8 Å². The van der Waals surface area contributed by atoms with E-state index in [9.17, 15) is 9.59 Å². The minimum Gasteiger partial charge on any atom is -0.493 e. The highest BCUT2D eigenvalue weighted by Crippen LogP contribution is 2.12. The van der Waals surface area contributed by atoms with Gasteiger partial charge in [-0.3, -0.25) is 9.59 Å². The lowest BCUT2D eigenvalue weighted by Gasteiger charge is -2.13. The molecule has 0 aliphatic carbocycles. The fourth-order valence-electron chi connectivity index (χ4n) is 1.67. The fraction of sp³-hybridized carbons (Fsp3) is 0.467. The van der Waals surface area contributed by atoms with Gasteiger partial charge in [0.15, 0.2) is 0 Å². The van der Waals surface area contributed by atoms with E-state index in [2.05, 4.69) is 10.6 Å². The lowest BCUT2D eigenvalue weighted by molar-refractivity contribution is -0.128. The third-order valence-electron chi connectivity index (χ3n) is 2.71. The number of likely N-dealkylation sites (N-methyl/N-ethyl adjacent to an activating group) is 1. The summed E-state index contributed by atoms with van der Waals surface area (Å²) in [6.07, 6.45) is 0.220. The maximum Gasteiger partial charge on any atom is 0.242 e. The first-order valence-electron chi connectivity index (χ1n) is 6.79. The van der Waals surface area contributed by atoms with Gasteiger partial charge in [-0.25, -0.2) is 0 Å². The van der Waals surface area contributed by atoms with Crippen LogP contribution in [0.3, 0.4) is 0 Å². The van der Waals surface area contributed by atoms with Crippen molar-refractivity contribution >= 4 is 11.8 Å². The summed E-state index contributed by atoms with van der Waals surface area (Å²) in [6, 6.07) is 7.12. The second kappa shape index (κ2) is 8.19. The van der Waals surface area contributed by atoms with E-state index < -0.39 is 6.04 Å². The molecule has 0 aliphatic heterocycles. The second-order valence-corrected chi connectivity index (χ2v) is 4.60. The summed E-state index contributed by atoms with van der Waals surface area (Å²) in [6.45, 7) is 6.31. The zero-order valence-electron chi connectivity index (χ0n) is 12.2. The van der Waals surface area contributed by atoms with Gasteiger partial charge in [0.1, 0.15) is 11.8 Å². The molecule has 1 atom stereocenters. The molecule has 0 aliphatic rings. The topological polar surface area (TPSA) is 67.4 Å². The normalized spacial score (nSPS) is 11.6. The van der Waals surface area contributed by atoms with Crippen LogP contribution in [-0.2, 0) is 9.59 Å². The highest BCUT2D eigenvalue weighted by Gasteiger charge is 2.14. The molecule has 0 heterocycles. The Balaban J connectivity index is 2.28. The number of ether oxygens (including phenoxy) is 1. The molecule has 5 heteroatoms. The van der Waals surface area contributed by atoms with Crippen LogP contribution in [0, 0.1) is 6.92 Å². The van der Waals surface area contributed by atoms with E-state index in [1.807, 2.05) is 38.1 Å². The van der Waals surface area contributed by atoms with E-state index in [4.69, 9.17) is 4.74 Å². The van der Waals surface area contributed by atoms with E-state index in [1.165, 1.54) is 0 Å². The van der Waals surface area contributed by atoms with Gasteiger partial charge in [-0.2, -0.15) is 0 Å². The number of carbonyl (C=O) groups excluding carboxylic acids is 2. The van der Waals surface area contributed by atoms with Gasteiger partial charge >= 0.3 is 0 Å². The summed E-state index contributed by atoms with van der Waals surface area (Å²) >= 11 is 0. The quantitative estimate of drug-likeness (QED) is 0.792. The first-order chi connectivity index (χ1) is 9.52. The maximum atomic E-state index is 11.6. The van der Waals surface area contributed by atoms with Gasteiger partial charge in [0.25, 0.3) is 0 Å². The van der Waals surface area contributed by atoms with Crippen LogP contribution in [0.15, 0.2) is 24.3 Å². The van der Waals surface area contributed by atoms with E-state index in [1.54, 1.807) is 6.92 Å². The van der Waals surface area contributed by atoms with Crippen molar-refractivity contribution in [1.82, 2.24) is 10.6 Å². The number of carbonyl (C=O) groups is 2. The monoisotopic (exact) mass is 278 g/mol. The van der Waals surface area contributed by atoms with Crippen molar-refractivity contribution in [2.45, 2.75) is 33.2 Å². The minimum absolute atomic E-state index is 0.180. The Hall–Kier alpha value is -2.04. The number of hydrogen-bond donors (Lipinski definition) is 2. The highest BCUT2D eigenvalue weighted by molar-refractivity contribution is 5.87. The van der Waals surface area contributed by atoms with Gasteiger partial charge in [-0.1, -0.05) is 12.1 Å². The Morgan fingerprint density at radius 2 is 2.10 bits per heavy atom. The zero-order chi connectivity index (χ0) is 15.0. The molecule has 0 radical (unpaired) electrons. The minimum atomic E-state index is -0.526. The lowest BCUT2D eigenvalue weighted by Crippen LogP contribution is -2.45. The molecule has 110 valence electrons. The largest absolute Gasteiger partial charge is 0.493 e. The Bertz CT molecular complexity index is 460. The molecule has 0 saturated carbocycles. The zero-order valence-corrected chi connectivity index (χ0v) is 12.2. The predicted molar refractivity (Wildman–Crippen MR) is 77.6 cm³/mol. The molecular formula is C15H22N2O3. The van der Waals surface area contributed by atoms with E-state index in [0.717, 1.165) is 11.3 Å². The number of nitrogens with one attached hydrogen (secondary N) is 2. The molecule has 2 amide bonds. The average Bonchev–Trinajstić information content (AvgIpc) is 2.39. The lowest BCUT2D eigenvalue weighted by atomic mass is 10.2. The van der Waals surface area contributed by atoms with Crippen molar-refractivity contribution in [3.05, 3.63) is 29.8 Å². The number of amides is 2. The van der Waals surface area contributed by atoms with Crippen molar-refractivity contribution < 1.29 is 14.3 Å². The molecule has 0 unspecified atom stereocenters. The van der Waals surface area contributed by atoms with Gasteiger partial charge in [0.05, 0.1) is 13.0 Å². The number of hydrogen-bond acceptors (Lipinski definition) is 3. The maximum absolute atomic E-state index is 11.6. The van der Waals surface area contributed by atoms with E-state index in [0.29, 0.717) is 6.54 Å². The summed E-state index contributed by atoms with van der Waals surface area (Å²) in [4.78, 5) is 23.1. The summed E-state index contributed by atoms with van der Waals surface area (Å²) in [5.41, 5.74) is 1.11. The van der Waals surface area contributed by atoms with Crippen LogP contribution in [0.4, 0.5) is 0 Å². The van der Waals surface area contributed by atoms with Crippen molar-refractivity contribution in [2.75, 3.05) is 13.2 Å². The Morgan fingerprint density at radius 3 is 2.75 bits per heavy atom. The number of benzene rings is 1. The van der Waals surface area contributed by atoms with Gasteiger partial charge in [0.2, 0.25) is 11.8 Å². The first-order valence-corrected chi connectivity index (χ1v) is 6.79. The molecule has 2 N–H and O–H groups in total. The van der Waals surface area contributed by atoms with Crippen LogP contribution in [0.25, 0.3) is 0 Å². The highest BCUT2D eigenvalue weighted by atomic mass is 16.5. The Labute approximate surface area is 119 Å². The fourth-order valence-corrected chi connectivity index (χ4v) is 1.67. The molecule has 20 heavy (non-hydrogen) atoms. The summed E-state index contributed by atoms with van der Waals surface area (Å²) in [5, 5.41) is 5.29. The van der Waals surface area contributed by atoms with Crippen LogP contribution < -0.4 is 15.4 Å². The second-order valence-electron chi connectivity index (χ2n) is 4.60. The Kier molecular flexibility index (Phi) is 6.56. The molecule has 0 bridgehead atoms. The average molecular weight is 278 g/mol. The van der Waals surface area contributed by atoms with Gasteiger partial charge in [0, 0.05) is 6.54 Å². The molecular weight excluding hydrogens is 256 g/mol. The van der Waals surface area contributed by atoms with Crippen LogP contribution in [0.5, 0.6) is 5.75 Å². The van der Waals surface area contributed by atoms with E-state index in [-0.39, 0.29) is 24.8 Å². The summed E-state index contributed by atoms with van der Waals surface area (Å²) < 4.78 is 5.49. The van der Waals surface area contributed by atoms with Gasteiger partial charge < -0.3 is 15.4 Å². The van der Waals surface area contributed by atoms with Crippen molar-refractivity contribution in [3.63, 3.8) is 0 Å². The molecule has 0 spiro atoms. The molecule has 0 aromatic heterocycles.